The van der Waals surface area contributed by atoms with Crippen LogP contribution in [0.15, 0.2) is 24.3 Å². The predicted octanol–water partition coefficient (Wildman–Crippen LogP) is 2.66. The highest BCUT2D eigenvalue weighted by molar-refractivity contribution is 14.1. The van der Waals surface area contributed by atoms with Crippen molar-refractivity contribution < 1.29 is 13.9 Å². The van der Waals surface area contributed by atoms with E-state index in [4.69, 9.17) is 9.47 Å². The number of ether oxygens (including phenoxy) is 2. The molecule has 0 aliphatic heterocycles. The second-order valence-electron chi connectivity index (χ2n) is 2.60. The fourth-order valence-corrected chi connectivity index (χ4v) is 1.27. The first-order valence-corrected chi connectivity index (χ1v) is 5.43. The maximum atomic E-state index is 11.6. The molecule has 2 nitrogen and oxygen atoms in total. The number of benzene rings is 1. The number of rotatable bonds is 6. The SMILES string of the molecule is FCCOCCOc1ccc(I)cc1. The van der Waals surface area contributed by atoms with Crippen molar-refractivity contribution in [1.29, 1.82) is 0 Å². The maximum Gasteiger partial charge on any atom is 0.119 e. The lowest BCUT2D eigenvalue weighted by molar-refractivity contribution is 0.0897. The first-order valence-electron chi connectivity index (χ1n) is 4.35. The summed E-state index contributed by atoms with van der Waals surface area (Å²) < 4.78 is 23.1. The van der Waals surface area contributed by atoms with Crippen LogP contribution in [0.2, 0.25) is 0 Å². The molecule has 4 heteroatoms. The molecule has 1 aromatic carbocycles. The molecule has 1 rings (SSSR count). The van der Waals surface area contributed by atoms with Crippen LogP contribution in [0.4, 0.5) is 4.39 Å². The summed E-state index contributed by atoms with van der Waals surface area (Å²) >= 11 is 2.23. The predicted molar refractivity (Wildman–Crippen MR) is 61.4 cm³/mol. The van der Waals surface area contributed by atoms with Gasteiger partial charge in [0.1, 0.15) is 19.0 Å². The van der Waals surface area contributed by atoms with E-state index in [0.29, 0.717) is 13.2 Å². The Hall–Kier alpha value is -0.360. The highest BCUT2D eigenvalue weighted by Gasteiger charge is 1.93. The van der Waals surface area contributed by atoms with Crippen molar-refractivity contribution in [3.8, 4) is 5.75 Å². The van der Waals surface area contributed by atoms with Crippen LogP contribution in [-0.2, 0) is 4.74 Å². The van der Waals surface area contributed by atoms with Crippen LogP contribution in [0, 0.1) is 3.57 Å². The van der Waals surface area contributed by atoms with E-state index in [-0.39, 0.29) is 6.61 Å². The van der Waals surface area contributed by atoms with Gasteiger partial charge in [-0.15, -0.1) is 0 Å². The van der Waals surface area contributed by atoms with Gasteiger partial charge in [0.15, 0.2) is 0 Å². The molecule has 0 heterocycles. The van der Waals surface area contributed by atoms with Crippen LogP contribution in [0.5, 0.6) is 5.75 Å². The zero-order valence-electron chi connectivity index (χ0n) is 7.71. The molecule has 0 bridgehead atoms. The summed E-state index contributed by atoms with van der Waals surface area (Å²) in [4.78, 5) is 0. The smallest absolute Gasteiger partial charge is 0.119 e. The lowest BCUT2D eigenvalue weighted by atomic mass is 10.3. The van der Waals surface area contributed by atoms with Crippen LogP contribution in [0.25, 0.3) is 0 Å². The van der Waals surface area contributed by atoms with Gasteiger partial charge in [0.25, 0.3) is 0 Å². The Morgan fingerprint density at radius 2 is 1.79 bits per heavy atom. The Morgan fingerprint density at radius 3 is 2.43 bits per heavy atom. The summed E-state index contributed by atoms with van der Waals surface area (Å²) in [5.41, 5.74) is 0. The third kappa shape index (κ3) is 4.76. The highest BCUT2D eigenvalue weighted by atomic mass is 127. The highest BCUT2D eigenvalue weighted by Crippen LogP contribution is 2.12. The molecule has 0 saturated heterocycles. The molecule has 0 unspecified atom stereocenters. The second kappa shape index (κ2) is 7.00. The van der Waals surface area contributed by atoms with Crippen molar-refractivity contribution >= 4 is 22.6 Å². The molecule has 0 aliphatic carbocycles. The first kappa shape index (κ1) is 11.7. The van der Waals surface area contributed by atoms with Crippen molar-refractivity contribution in [3.05, 3.63) is 27.8 Å². The largest absolute Gasteiger partial charge is 0.491 e. The van der Waals surface area contributed by atoms with E-state index in [1.165, 1.54) is 3.57 Å². The maximum absolute atomic E-state index is 11.6. The number of hydrogen-bond donors (Lipinski definition) is 0. The van der Waals surface area contributed by atoms with Crippen LogP contribution < -0.4 is 4.74 Å². The molecule has 0 aromatic heterocycles. The number of alkyl halides is 1. The molecular formula is C10H12FIO2. The zero-order chi connectivity index (χ0) is 10.2. The quantitative estimate of drug-likeness (QED) is 0.594. The molecule has 0 aliphatic rings. The van der Waals surface area contributed by atoms with Crippen LogP contribution in [-0.4, -0.2) is 26.5 Å². The Labute approximate surface area is 96.5 Å². The molecule has 78 valence electrons. The molecule has 0 radical (unpaired) electrons. The molecule has 0 amide bonds. The summed E-state index contributed by atoms with van der Waals surface area (Å²) in [5.74, 6) is 0.814. The molecule has 0 N–H and O–H groups in total. The van der Waals surface area contributed by atoms with Gasteiger partial charge < -0.3 is 9.47 Å². The summed E-state index contributed by atoms with van der Waals surface area (Å²) in [6, 6.07) is 7.74. The van der Waals surface area contributed by atoms with Crippen molar-refractivity contribution in [2.24, 2.45) is 0 Å². The summed E-state index contributed by atoms with van der Waals surface area (Å²) in [7, 11) is 0. The third-order valence-corrected chi connectivity index (χ3v) is 2.25. The average Bonchev–Trinajstić information content (AvgIpc) is 2.21. The standard InChI is InChI=1S/C10H12FIO2/c11-5-6-13-7-8-14-10-3-1-9(12)2-4-10/h1-4H,5-8H2. The van der Waals surface area contributed by atoms with E-state index in [9.17, 15) is 4.39 Å². The van der Waals surface area contributed by atoms with Gasteiger partial charge in [0, 0.05) is 3.57 Å². The summed E-state index contributed by atoms with van der Waals surface area (Å²) in [6.45, 7) is 0.593. The van der Waals surface area contributed by atoms with Crippen LogP contribution >= 0.6 is 22.6 Å². The van der Waals surface area contributed by atoms with E-state index in [2.05, 4.69) is 22.6 Å². The normalized spacial score (nSPS) is 10.1. The Bertz CT molecular complexity index is 251. The Kier molecular flexibility index (Phi) is 5.86. The fraction of sp³-hybridized carbons (Fsp3) is 0.400. The van der Waals surface area contributed by atoms with E-state index in [1.807, 2.05) is 24.3 Å². The Morgan fingerprint density at radius 1 is 1.07 bits per heavy atom. The molecule has 0 spiro atoms. The molecular weight excluding hydrogens is 298 g/mol. The van der Waals surface area contributed by atoms with Gasteiger partial charge in [-0.2, -0.15) is 0 Å². The minimum absolute atomic E-state index is 0.149. The molecule has 0 saturated carbocycles. The van der Waals surface area contributed by atoms with E-state index >= 15 is 0 Å². The first-order chi connectivity index (χ1) is 6.83. The lowest BCUT2D eigenvalue weighted by Gasteiger charge is -2.05. The molecule has 0 fully saturated rings. The van der Waals surface area contributed by atoms with Gasteiger partial charge in [0.05, 0.1) is 13.2 Å². The van der Waals surface area contributed by atoms with Gasteiger partial charge >= 0.3 is 0 Å². The van der Waals surface area contributed by atoms with Crippen molar-refractivity contribution in [2.45, 2.75) is 0 Å². The van der Waals surface area contributed by atoms with Crippen LogP contribution in [0.1, 0.15) is 0 Å². The van der Waals surface area contributed by atoms with Crippen molar-refractivity contribution in [1.82, 2.24) is 0 Å². The van der Waals surface area contributed by atoms with Crippen LogP contribution in [0.3, 0.4) is 0 Å². The topological polar surface area (TPSA) is 18.5 Å². The van der Waals surface area contributed by atoms with E-state index in [0.717, 1.165) is 5.75 Å². The second-order valence-corrected chi connectivity index (χ2v) is 3.85. The number of hydrogen-bond acceptors (Lipinski definition) is 2. The average molecular weight is 310 g/mol. The summed E-state index contributed by atoms with van der Waals surface area (Å²) in [5, 5.41) is 0. The minimum Gasteiger partial charge on any atom is -0.491 e. The zero-order valence-corrected chi connectivity index (χ0v) is 9.87. The van der Waals surface area contributed by atoms with Crippen molar-refractivity contribution in [3.63, 3.8) is 0 Å². The summed E-state index contributed by atoms with van der Waals surface area (Å²) in [6.07, 6.45) is 0. The van der Waals surface area contributed by atoms with Crippen molar-refractivity contribution in [2.75, 3.05) is 26.5 Å². The fourth-order valence-electron chi connectivity index (χ4n) is 0.906. The van der Waals surface area contributed by atoms with Gasteiger partial charge in [-0.25, -0.2) is 4.39 Å². The molecule has 1 aromatic rings. The van der Waals surface area contributed by atoms with Gasteiger partial charge in [-0.3, -0.25) is 0 Å². The van der Waals surface area contributed by atoms with E-state index in [1.54, 1.807) is 0 Å². The lowest BCUT2D eigenvalue weighted by Crippen LogP contribution is -2.08. The third-order valence-electron chi connectivity index (χ3n) is 1.53. The Balaban J connectivity index is 2.15. The van der Waals surface area contributed by atoms with Gasteiger partial charge in [-0.1, -0.05) is 0 Å². The molecule has 0 atom stereocenters. The monoisotopic (exact) mass is 310 g/mol. The minimum atomic E-state index is -0.441. The number of halogens is 2. The molecule has 14 heavy (non-hydrogen) atoms. The van der Waals surface area contributed by atoms with Gasteiger partial charge in [0.2, 0.25) is 0 Å². The van der Waals surface area contributed by atoms with Gasteiger partial charge in [-0.05, 0) is 46.9 Å². The van der Waals surface area contributed by atoms with E-state index < -0.39 is 6.67 Å².